The predicted octanol–water partition coefficient (Wildman–Crippen LogP) is 3.63. The molecular formula is C21H23F2NO3. The summed E-state index contributed by atoms with van der Waals surface area (Å²) in [7, 11) is 0. The fourth-order valence-corrected chi connectivity index (χ4v) is 3.15. The number of ether oxygens (including phenoxy) is 1. The highest BCUT2D eigenvalue weighted by molar-refractivity contribution is 5.94. The van der Waals surface area contributed by atoms with Gasteiger partial charge < -0.3 is 14.7 Å². The highest BCUT2D eigenvalue weighted by atomic mass is 19.1. The molecule has 144 valence electrons. The number of rotatable bonds is 4. The Balaban J connectivity index is 1.60. The van der Waals surface area contributed by atoms with E-state index in [1.165, 1.54) is 11.0 Å². The van der Waals surface area contributed by atoms with Crippen LogP contribution in [-0.4, -0.2) is 41.2 Å². The zero-order valence-electron chi connectivity index (χ0n) is 15.5. The van der Waals surface area contributed by atoms with Gasteiger partial charge in [0.05, 0.1) is 0 Å². The average molecular weight is 375 g/mol. The molecule has 1 aliphatic heterocycles. The molecule has 3 rings (SSSR count). The number of carbonyl (C=O) groups is 1. The van der Waals surface area contributed by atoms with Gasteiger partial charge in [-0.05, 0) is 62.1 Å². The van der Waals surface area contributed by atoms with Crippen molar-refractivity contribution < 1.29 is 23.4 Å². The normalized spacial score (nSPS) is 16.3. The summed E-state index contributed by atoms with van der Waals surface area (Å²) in [6.07, 6.45) is 0.555. The van der Waals surface area contributed by atoms with Crippen LogP contribution in [-0.2, 0) is 0 Å². The van der Waals surface area contributed by atoms with Crippen molar-refractivity contribution in [2.45, 2.75) is 32.3 Å². The fourth-order valence-electron chi connectivity index (χ4n) is 3.15. The van der Waals surface area contributed by atoms with Crippen LogP contribution < -0.4 is 4.74 Å². The number of piperidine rings is 1. The van der Waals surface area contributed by atoms with E-state index in [-0.39, 0.29) is 32.5 Å². The van der Waals surface area contributed by atoms with Crippen molar-refractivity contribution in [3.05, 3.63) is 64.7 Å². The molecule has 1 fully saturated rings. The van der Waals surface area contributed by atoms with Crippen molar-refractivity contribution in [1.29, 1.82) is 0 Å². The number of benzene rings is 2. The van der Waals surface area contributed by atoms with E-state index in [0.717, 1.165) is 23.3 Å². The topological polar surface area (TPSA) is 49.8 Å². The van der Waals surface area contributed by atoms with E-state index in [1.807, 2.05) is 32.0 Å². The molecule has 1 N–H and O–H groups in total. The maximum atomic E-state index is 13.8. The zero-order valence-corrected chi connectivity index (χ0v) is 15.5. The van der Waals surface area contributed by atoms with Gasteiger partial charge in [0.2, 0.25) is 0 Å². The van der Waals surface area contributed by atoms with Gasteiger partial charge >= 0.3 is 0 Å². The highest BCUT2D eigenvalue weighted by Gasteiger charge is 2.36. The lowest BCUT2D eigenvalue weighted by molar-refractivity contribution is -0.0476. The van der Waals surface area contributed by atoms with Crippen molar-refractivity contribution in [3.8, 4) is 5.75 Å². The lowest BCUT2D eigenvalue weighted by Crippen LogP contribution is -2.49. The van der Waals surface area contributed by atoms with Crippen molar-refractivity contribution in [1.82, 2.24) is 4.90 Å². The summed E-state index contributed by atoms with van der Waals surface area (Å²) >= 11 is 0. The molecule has 0 spiro atoms. The number of nitrogens with zero attached hydrogens (tertiary/aromatic N) is 1. The molecule has 1 saturated heterocycles. The van der Waals surface area contributed by atoms with Gasteiger partial charge in [-0.2, -0.15) is 0 Å². The molecule has 0 atom stereocenters. The molecule has 0 aliphatic carbocycles. The summed E-state index contributed by atoms with van der Waals surface area (Å²) in [5.41, 5.74) is 0.637. The van der Waals surface area contributed by atoms with Gasteiger partial charge in [0.25, 0.3) is 5.91 Å². The largest absolute Gasteiger partial charge is 0.491 e. The molecule has 1 amide bonds. The molecule has 0 aromatic heterocycles. The Morgan fingerprint density at radius 1 is 1.11 bits per heavy atom. The van der Waals surface area contributed by atoms with Gasteiger partial charge in [-0.3, -0.25) is 4.79 Å². The number of hydrogen-bond donors (Lipinski definition) is 1. The Kier molecular flexibility index (Phi) is 5.46. The van der Waals surface area contributed by atoms with Crippen LogP contribution in [0.3, 0.4) is 0 Å². The Bertz CT molecular complexity index is 825. The van der Waals surface area contributed by atoms with Crippen LogP contribution in [0.2, 0.25) is 0 Å². The van der Waals surface area contributed by atoms with Gasteiger partial charge in [0.15, 0.2) is 0 Å². The highest BCUT2D eigenvalue weighted by Crippen LogP contribution is 2.26. The summed E-state index contributed by atoms with van der Waals surface area (Å²) in [4.78, 5) is 13.8. The summed E-state index contributed by atoms with van der Waals surface area (Å²) in [5, 5.41) is 10.7. The molecular weight excluding hydrogens is 352 g/mol. The van der Waals surface area contributed by atoms with Crippen molar-refractivity contribution in [2.75, 3.05) is 19.7 Å². The maximum absolute atomic E-state index is 13.8. The Morgan fingerprint density at radius 3 is 2.33 bits per heavy atom. The second kappa shape index (κ2) is 7.64. The molecule has 2 aromatic carbocycles. The number of halogens is 2. The summed E-state index contributed by atoms with van der Waals surface area (Å²) in [6.45, 7) is 4.52. The molecule has 1 aliphatic rings. The quantitative estimate of drug-likeness (QED) is 0.888. The van der Waals surface area contributed by atoms with Gasteiger partial charge in [0.1, 0.15) is 35.2 Å². The van der Waals surface area contributed by atoms with Crippen molar-refractivity contribution in [3.63, 3.8) is 0 Å². The van der Waals surface area contributed by atoms with Crippen LogP contribution in [0.5, 0.6) is 5.75 Å². The summed E-state index contributed by atoms with van der Waals surface area (Å²) in [6, 6.07) is 9.07. The van der Waals surface area contributed by atoms with E-state index in [0.29, 0.717) is 5.75 Å². The zero-order chi connectivity index (χ0) is 19.6. The first-order valence-electron chi connectivity index (χ1n) is 8.95. The first-order chi connectivity index (χ1) is 12.8. The van der Waals surface area contributed by atoms with E-state index >= 15 is 0 Å². The lowest BCUT2D eigenvalue weighted by Gasteiger charge is -2.38. The van der Waals surface area contributed by atoms with E-state index in [9.17, 15) is 18.7 Å². The molecule has 2 aromatic rings. The maximum Gasteiger partial charge on any atom is 0.259 e. The molecule has 27 heavy (non-hydrogen) atoms. The van der Waals surface area contributed by atoms with Crippen LogP contribution in [0.25, 0.3) is 0 Å². The second-order valence-corrected chi connectivity index (χ2v) is 7.15. The van der Waals surface area contributed by atoms with Gasteiger partial charge in [0, 0.05) is 13.1 Å². The summed E-state index contributed by atoms with van der Waals surface area (Å²) < 4.78 is 33.4. The van der Waals surface area contributed by atoms with Crippen LogP contribution in [0.4, 0.5) is 8.78 Å². The number of aryl methyl sites for hydroxylation is 2. The molecule has 4 nitrogen and oxygen atoms in total. The standard InChI is InChI=1S/C21H23F2NO3/c1-14-6-7-16(12-15(14)2)27-13-21(26)8-10-24(11-9-21)20(25)19-17(22)4-3-5-18(19)23/h3-7,12,26H,8-11,13H2,1-2H3. The number of likely N-dealkylation sites (tertiary alicyclic amines) is 1. The van der Waals surface area contributed by atoms with E-state index in [1.54, 1.807) is 0 Å². The van der Waals surface area contributed by atoms with Gasteiger partial charge in [-0.25, -0.2) is 8.78 Å². The minimum Gasteiger partial charge on any atom is -0.491 e. The Hall–Kier alpha value is -2.47. The third-order valence-corrected chi connectivity index (χ3v) is 5.14. The molecule has 0 saturated carbocycles. The van der Waals surface area contributed by atoms with Crippen LogP contribution in [0.1, 0.15) is 34.3 Å². The van der Waals surface area contributed by atoms with Crippen LogP contribution >= 0.6 is 0 Å². The molecule has 0 radical (unpaired) electrons. The first kappa shape index (κ1) is 19.3. The average Bonchev–Trinajstić information content (AvgIpc) is 2.63. The van der Waals surface area contributed by atoms with Crippen molar-refractivity contribution in [2.24, 2.45) is 0 Å². The third kappa shape index (κ3) is 4.27. The monoisotopic (exact) mass is 375 g/mol. The molecule has 0 unspecified atom stereocenters. The number of carbonyl (C=O) groups excluding carboxylic acids is 1. The number of hydrogen-bond acceptors (Lipinski definition) is 3. The van der Waals surface area contributed by atoms with Crippen LogP contribution in [0, 0.1) is 25.5 Å². The van der Waals surface area contributed by atoms with Gasteiger partial charge in [-0.1, -0.05) is 12.1 Å². The van der Waals surface area contributed by atoms with Gasteiger partial charge in [-0.15, -0.1) is 0 Å². The van der Waals surface area contributed by atoms with E-state index < -0.39 is 28.7 Å². The first-order valence-corrected chi connectivity index (χ1v) is 8.95. The Labute approximate surface area is 157 Å². The predicted molar refractivity (Wildman–Crippen MR) is 97.9 cm³/mol. The lowest BCUT2D eigenvalue weighted by atomic mass is 9.92. The fraction of sp³-hybridized carbons (Fsp3) is 0.381. The third-order valence-electron chi connectivity index (χ3n) is 5.14. The summed E-state index contributed by atoms with van der Waals surface area (Å²) in [5.74, 6) is -1.76. The minimum absolute atomic E-state index is 0.103. The SMILES string of the molecule is Cc1ccc(OCC2(O)CCN(C(=O)c3c(F)cccc3F)CC2)cc1C. The van der Waals surface area contributed by atoms with E-state index in [2.05, 4.69) is 0 Å². The molecule has 1 heterocycles. The smallest absolute Gasteiger partial charge is 0.259 e. The minimum atomic E-state index is -1.08. The number of aliphatic hydroxyl groups is 1. The molecule has 6 heteroatoms. The van der Waals surface area contributed by atoms with Crippen molar-refractivity contribution >= 4 is 5.91 Å². The second-order valence-electron chi connectivity index (χ2n) is 7.15. The Morgan fingerprint density at radius 2 is 1.74 bits per heavy atom. The molecule has 0 bridgehead atoms. The van der Waals surface area contributed by atoms with Crippen LogP contribution in [0.15, 0.2) is 36.4 Å². The number of amides is 1. The van der Waals surface area contributed by atoms with E-state index in [4.69, 9.17) is 4.74 Å².